The number of ether oxygens (including phenoxy) is 2. The molecule has 3 aromatic carbocycles. The van der Waals surface area contributed by atoms with E-state index in [0.717, 1.165) is 21.4 Å². The molecule has 1 saturated heterocycles. The van der Waals surface area contributed by atoms with E-state index in [1.165, 1.54) is 12.1 Å². The van der Waals surface area contributed by atoms with Crippen molar-refractivity contribution in [1.29, 1.82) is 0 Å². The molecule has 0 spiro atoms. The van der Waals surface area contributed by atoms with E-state index in [-0.39, 0.29) is 18.1 Å². The molecule has 0 aliphatic carbocycles. The van der Waals surface area contributed by atoms with Gasteiger partial charge in [-0.15, -0.1) is 0 Å². The maximum atomic E-state index is 13.4. The smallest absolute Gasteiger partial charge is 0.335 e. The number of amides is 4. The summed E-state index contributed by atoms with van der Waals surface area (Å²) in [6.45, 7) is 0.496. The molecule has 4 aromatic rings. The number of aromatic nitrogens is 1. The summed E-state index contributed by atoms with van der Waals surface area (Å²) in [5.74, 6) is -0.603. The summed E-state index contributed by atoms with van der Waals surface area (Å²) in [7, 11) is 0. The second kappa shape index (κ2) is 8.99. The topological polar surface area (TPSA) is 89.9 Å². The molecule has 0 atom stereocenters. The van der Waals surface area contributed by atoms with Crippen LogP contribution < -0.4 is 19.7 Å². The molecule has 1 aromatic heterocycles. The van der Waals surface area contributed by atoms with E-state index in [1.807, 2.05) is 41.1 Å². The summed E-state index contributed by atoms with van der Waals surface area (Å²) in [5, 5.41) is 4.15. The van der Waals surface area contributed by atoms with Crippen LogP contribution in [0, 0.1) is 0 Å². The van der Waals surface area contributed by atoms with Crippen LogP contribution in [0.25, 0.3) is 17.0 Å². The van der Waals surface area contributed by atoms with Crippen LogP contribution in [0.15, 0.2) is 72.4 Å². The number of carbonyl (C=O) groups is 3. The summed E-state index contributed by atoms with van der Waals surface area (Å²) < 4.78 is 12.6. The Balaban J connectivity index is 1.40. The number of benzene rings is 3. The highest BCUT2D eigenvalue weighted by Crippen LogP contribution is 2.36. The Morgan fingerprint density at radius 1 is 0.946 bits per heavy atom. The Morgan fingerprint density at radius 3 is 2.59 bits per heavy atom. The van der Waals surface area contributed by atoms with Crippen molar-refractivity contribution >= 4 is 63.7 Å². The van der Waals surface area contributed by atoms with Gasteiger partial charge in [-0.05, 0) is 42.0 Å². The van der Waals surface area contributed by atoms with E-state index < -0.39 is 17.8 Å². The summed E-state index contributed by atoms with van der Waals surface area (Å²) in [4.78, 5) is 39.7. The van der Waals surface area contributed by atoms with Gasteiger partial charge in [-0.2, -0.15) is 0 Å². The molecule has 37 heavy (non-hydrogen) atoms. The minimum Gasteiger partial charge on any atom is -0.454 e. The van der Waals surface area contributed by atoms with Crippen LogP contribution >= 0.6 is 23.2 Å². The fourth-order valence-corrected chi connectivity index (χ4v) is 4.89. The van der Waals surface area contributed by atoms with Gasteiger partial charge in [-0.25, -0.2) is 9.69 Å². The first-order valence-electron chi connectivity index (χ1n) is 11.2. The maximum absolute atomic E-state index is 13.4. The molecule has 10 heteroatoms. The van der Waals surface area contributed by atoms with Crippen molar-refractivity contribution in [3.8, 4) is 11.5 Å². The largest absolute Gasteiger partial charge is 0.454 e. The van der Waals surface area contributed by atoms with Crippen molar-refractivity contribution in [1.82, 2.24) is 9.88 Å². The van der Waals surface area contributed by atoms with Crippen LogP contribution in [-0.2, 0) is 16.1 Å². The van der Waals surface area contributed by atoms with E-state index in [2.05, 4.69) is 5.32 Å². The highest BCUT2D eigenvalue weighted by Gasteiger charge is 2.37. The monoisotopic (exact) mass is 533 g/mol. The highest BCUT2D eigenvalue weighted by atomic mass is 35.5. The van der Waals surface area contributed by atoms with Gasteiger partial charge in [0.1, 0.15) is 5.57 Å². The third-order valence-corrected chi connectivity index (χ3v) is 6.78. The molecule has 6 rings (SSSR count). The molecule has 0 radical (unpaired) electrons. The van der Waals surface area contributed by atoms with Crippen molar-refractivity contribution in [2.75, 3.05) is 11.7 Å². The highest BCUT2D eigenvalue weighted by molar-refractivity contribution is 6.39. The average molecular weight is 534 g/mol. The minimum absolute atomic E-state index is 0.0495. The lowest BCUT2D eigenvalue weighted by Crippen LogP contribution is -2.54. The lowest BCUT2D eigenvalue weighted by Gasteiger charge is -2.26. The van der Waals surface area contributed by atoms with Gasteiger partial charge < -0.3 is 14.0 Å². The van der Waals surface area contributed by atoms with Gasteiger partial charge in [-0.1, -0.05) is 47.5 Å². The van der Waals surface area contributed by atoms with Gasteiger partial charge in [0, 0.05) is 45.3 Å². The van der Waals surface area contributed by atoms with Gasteiger partial charge in [0.25, 0.3) is 11.8 Å². The SMILES string of the molecule is O=C1NC(=O)N(c2ccc3c(c2)OCO3)C(=O)/C1=C/c1cn(Cc2ccc(Cl)cc2Cl)c2ccccc12. The van der Waals surface area contributed by atoms with Crippen LogP contribution in [0.2, 0.25) is 10.0 Å². The molecular weight excluding hydrogens is 517 g/mol. The van der Waals surface area contributed by atoms with E-state index in [4.69, 9.17) is 32.7 Å². The minimum atomic E-state index is -0.842. The number of barbiturate groups is 1. The number of urea groups is 1. The number of hydrogen-bond acceptors (Lipinski definition) is 5. The fraction of sp³-hybridized carbons (Fsp3) is 0.0741. The number of fused-ring (bicyclic) bond motifs is 2. The van der Waals surface area contributed by atoms with Crippen molar-refractivity contribution in [3.05, 3.63) is 93.6 Å². The first-order chi connectivity index (χ1) is 17.9. The van der Waals surface area contributed by atoms with Crippen molar-refractivity contribution in [2.45, 2.75) is 6.54 Å². The lowest BCUT2D eigenvalue weighted by molar-refractivity contribution is -0.122. The number of rotatable bonds is 4. The Hall–Kier alpha value is -4.27. The van der Waals surface area contributed by atoms with Crippen LogP contribution in [0.5, 0.6) is 11.5 Å². The zero-order valence-corrected chi connectivity index (χ0v) is 20.5. The molecule has 0 bridgehead atoms. The van der Waals surface area contributed by atoms with Crippen LogP contribution in [0.4, 0.5) is 10.5 Å². The number of halogens is 2. The second-order valence-corrected chi connectivity index (χ2v) is 9.30. The molecule has 4 amide bonds. The first-order valence-corrected chi connectivity index (χ1v) is 12.0. The zero-order valence-electron chi connectivity index (χ0n) is 19.0. The number of nitrogens with one attached hydrogen (secondary N) is 1. The predicted octanol–water partition coefficient (Wildman–Crippen LogP) is 5.39. The van der Waals surface area contributed by atoms with Gasteiger partial charge in [0.15, 0.2) is 11.5 Å². The zero-order chi connectivity index (χ0) is 25.7. The Morgan fingerprint density at radius 2 is 1.76 bits per heavy atom. The standard InChI is InChI=1S/C27H17Cl2N3O5/c28-17-6-5-15(21(29)10-17)12-31-13-16(19-3-1-2-4-22(19)31)9-20-25(33)30-27(35)32(26(20)34)18-7-8-23-24(11-18)37-14-36-23/h1-11,13H,12,14H2,(H,30,33,35)/b20-9+. The van der Waals surface area contributed by atoms with Gasteiger partial charge in [0.2, 0.25) is 6.79 Å². The molecule has 3 heterocycles. The van der Waals surface area contributed by atoms with Crippen molar-refractivity contribution in [2.24, 2.45) is 0 Å². The number of para-hydroxylation sites is 1. The Bertz CT molecular complexity index is 1660. The Labute approximate surface area is 220 Å². The molecular formula is C27H17Cl2N3O5. The molecule has 0 unspecified atom stereocenters. The lowest BCUT2D eigenvalue weighted by atomic mass is 10.1. The van der Waals surface area contributed by atoms with Crippen LogP contribution in [0.3, 0.4) is 0 Å². The summed E-state index contributed by atoms with van der Waals surface area (Å²) in [6, 6.07) is 16.7. The van der Waals surface area contributed by atoms with Crippen LogP contribution in [-0.4, -0.2) is 29.2 Å². The number of anilines is 1. The van der Waals surface area contributed by atoms with Gasteiger partial charge in [0.05, 0.1) is 5.69 Å². The molecule has 0 saturated carbocycles. The number of nitrogens with zero attached hydrogens (tertiary/aromatic N) is 2. The summed E-state index contributed by atoms with van der Waals surface area (Å²) in [5.41, 5.74) is 2.46. The number of carbonyl (C=O) groups excluding carboxylic acids is 3. The number of imide groups is 2. The van der Waals surface area contributed by atoms with E-state index in [1.54, 1.807) is 24.3 Å². The normalized spacial score (nSPS) is 16.1. The molecule has 1 fully saturated rings. The van der Waals surface area contributed by atoms with E-state index in [0.29, 0.717) is 33.7 Å². The average Bonchev–Trinajstić information content (AvgIpc) is 3.48. The molecule has 184 valence electrons. The molecule has 2 aliphatic rings. The van der Waals surface area contributed by atoms with Gasteiger partial charge >= 0.3 is 6.03 Å². The molecule has 2 aliphatic heterocycles. The summed E-state index contributed by atoms with van der Waals surface area (Å²) >= 11 is 12.4. The Kier molecular flexibility index (Phi) is 5.62. The molecule has 1 N–H and O–H groups in total. The number of hydrogen-bond donors (Lipinski definition) is 1. The summed E-state index contributed by atoms with van der Waals surface area (Å²) in [6.07, 6.45) is 3.33. The third kappa shape index (κ3) is 4.10. The van der Waals surface area contributed by atoms with E-state index in [9.17, 15) is 14.4 Å². The first kappa shape index (κ1) is 23.1. The van der Waals surface area contributed by atoms with Crippen LogP contribution in [0.1, 0.15) is 11.1 Å². The fourth-order valence-electron chi connectivity index (χ4n) is 4.43. The van der Waals surface area contributed by atoms with Gasteiger partial charge in [-0.3, -0.25) is 14.9 Å². The predicted molar refractivity (Wildman–Crippen MR) is 139 cm³/mol. The quantitative estimate of drug-likeness (QED) is 0.280. The maximum Gasteiger partial charge on any atom is 0.335 e. The molecule has 8 nitrogen and oxygen atoms in total. The van der Waals surface area contributed by atoms with Crippen molar-refractivity contribution < 1.29 is 23.9 Å². The second-order valence-electron chi connectivity index (χ2n) is 8.46. The third-order valence-electron chi connectivity index (χ3n) is 6.19. The van der Waals surface area contributed by atoms with E-state index >= 15 is 0 Å². The van der Waals surface area contributed by atoms with Crippen molar-refractivity contribution in [3.63, 3.8) is 0 Å².